The molecule has 5 heteroatoms. The number of methoxy groups -OCH3 is 3. The van der Waals surface area contributed by atoms with Crippen molar-refractivity contribution in [3.63, 3.8) is 0 Å². The van der Waals surface area contributed by atoms with Crippen LogP contribution < -0.4 is 14.2 Å². The van der Waals surface area contributed by atoms with Crippen molar-refractivity contribution in [1.82, 2.24) is 0 Å². The molecule has 3 aromatic rings. The van der Waals surface area contributed by atoms with Crippen LogP contribution in [0.5, 0.6) is 17.2 Å². The van der Waals surface area contributed by atoms with Crippen molar-refractivity contribution in [3.05, 3.63) is 89.0 Å². The smallest absolute Gasteiger partial charge is 0.234 e. The summed E-state index contributed by atoms with van der Waals surface area (Å²) in [6, 6.07) is 18.7. The van der Waals surface area contributed by atoms with E-state index in [4.69, 9.17) is 14.2 Å². The number of carbonyl (C=O) groups is 2. The molecule has 0 heterocycles. The van der Waals surface area contributed by atoms with Crippen molar-refractivity contribution in [1.29, 1.82) is 0 Å². The number of ketones is 2. The van der Waals surface area contributed by atoms with Gasteiger partial charge in [-0.25, -0.2) is 0 Å². The second-order valence-corrected chi connectivity index (χ2v) is 6.25. The van der Waals surface area contributed by atoms with Crippen molar-refractivity contribution < 1.29 is 23.8 Å². The number of carbonyl (C=O) groups excluding carboxylic acids is 2. The van der Waals surface area contributed by atoms with Gasteiger partial charge in [0.25, 0.3) is 0 Å². The Morgan fingerprint density at radius 1 is 0.700 bits per heavy atom. The van der Waals surface area contributed by atoms with Gasteiger partial charge < -0.3 is 14.2 Å². The maximum atomic E-state index is 12.9. The molecule has 0 atom stereocenters. The minimum atomic E-state index is -0.644. The number of ether oxygens (including phenoxy) is 3. The van der Waals surface area contributed by atoms with Gasteiger partial charge in [-0.15, -0.1) is 0 Å². The average molecular weight is 400 g/mol. The Bertz CT molecular complexity index is 1130. The van der Waals surface area contributed by atoms with Crippen LogP contribution >= 0.6 is 0 Å². The highest BCUT2D eigenvalue weighted by Gasteiger charge is 2.22. The first kappa shape index (κ1) is 20.7. The first-order valence-electron chi connectivity index (χ1n) is 9.13. The minimum absolute atomic E-state index is 0.218. The van der Waals surface area contributed by atoms with Crippen LogP contribution in [0, 0.1) is 11.8 Å². The summed E-state index contributed by atoms with van der Waals surface area (Å²) in [5.74, 6) is 6.31. The zero-order valence-corrected chi connectivity index (χ0v) is 16.9. The van der Waals surface area contributed by atoms with E-state index in [1.54, 1.807) is 37.4 Å². The average Bonchev–Trinajstić information content (AvgIpc) is 2.81. The summed E-state index contributed by atoms with van der Waals surface area (Å²) in [7, 11) is 4.57. The molecule has 5 nitrogen and oxygen atoms in total. The van der Waals surface area contributed by atoms with Gasteiger partial charge >= 0.3 is 0 Å². The molecule has 0 unspecified atom stereocenters. The molecule has 0 aliphatic carbocycles. The molecule has 30 heavy (non-hydrogen) atoms. The van der Waals surface area contributed by atoms with E-state index < -0.39 is 11.6 Å². The SMILES string of the molecule is COc1ccc(C#Cc2ccccc2C(=O)C(=O)c2ccc(OC)c(OC)c2)cc1. The topological polar surface area (TPSA) is 61.8 Å². The highest BCUT2D eigenvalue weighted by Crippen LogP contribution is 2.28. The van der Waals surface area contributed by atoms with Crippen LogP contribution in [0.3, 0.4) is 0 Å². The van der Waals surface area contributed by atoms with E-state index in [-0.39, 0.29) is 11.1 Å². The maximum Gasteiger partial charge on any atom is 0.234 e. The molecular formula is C25H20O5. The van der Waals surface area contributed by atoms with Gasteiger partial charge in [-0.1, -0.05) is 24.0 Å². The predicted molar refractivity (Wildman–Crippen MR) is 114 cm³/mol. The van der Waals surface area contributed by atoms with Gasteiger partial charge in [-0.2, -0.15) is 0 Å². The molecule has 3 rings (SSSR count). The van der Waals surface area contributed by atoms with Crippen LogP contribution in [0.4, 0.5) is 0 Å². The lowest BCUT2D eigenvalue weighted by Gasteiger charge is -2.09. The lowest BCUT2D eigenvalue weighted by atomic mass is 9.97. The lowest BCUT2D eigenvalue weighted by molar-refractivity contribution is 0.0816. The summed E-state index contributed by atoms with van der Waals surface area (Å²) in [5, 5.41) is 0. The maximum absolute atomic E-state index is 12.9. The Hall–Kier alpha value is -4.04. The molecule has 150 valence electrons. The number of hydrogen-bond donors (Lipinski definition) is 0. The van der Waals surface area contributed by atoms with Crippen molar-refractivity contribution in [2.45, 2.75) is 0 Å². The molecule has 0 radical (unpaired) electrons. The van der Waals surface area contributed by atoms with E-state index in [1.165, 1.54) is 26.4 Å². The van der Waals surface area contributed by atoms with Gasteiger partial charge in [-0.05, 0) is 54.6 Å². The number of rotatable bonds is 6. The molecule has 0 saturated carbocycles. The van der Waals surface area contributed by atoms with Crippen LogP contribution in [0.1, 0.15) is 31.8 Å². The minimum Gasteiger partial charge on any atom is -0.497 e. The molecule has 0 aliphatic rings. The number of benzene rings is 3. The van der Waals surface area contributed by atoms with Gasteiger partial charge in [-0.3, -0.25) is 9.59 Å². The van der Waals surface area contributed by atoms with Crippen molar-refractivity contribution in [2.24, 2.45) is 0 Å². The number of hydrogen-bond acceptors (Lipinski definition) is 5. The normalized spacial score (nSPS) is 9.83. The fourth-order valence-electron chi connectivity index (χ4n) is 2.83. The molecule has 0 spiro atoms. The van der Waals surface area contributed by atoms with E-state index >= 15 is 0 Å². The second-order valence-electron chi connectivity index (χ2n) is 6.25. The highest BCUT2D eigenvalue weighted by atomic mass is 16.5. The molecule has 0 amide bonds. The Morgan fingerprint density at radius 2 is 1.40 bits per heavy atom. The van der Waals surface area contributed by atoms with E-state index in [0.717, 1.165) is 11.3 Å². The highest BCUT2D eigenvalue weighted by molar-refractivity contribution is 6.49. The molecule has 0 bridgehead atoms. The summed E-state index contributed by atoms with van der Waals surface area (Å²) in [6.07, 6.45) is 0. The van der Waals surface area contributed by atoms with E-state index in [1.807, 2.05) is 24.3 Å². The van der Waals surface area contributed by atoms with Crippen LogP contribution in [0.2, 0.25) is 0 Å². The predicted octanol–water partition coefficient (Wildman–Crippen LogP) is 4.18. The fraction of sp³-hybridized carbons (Fsp3) is 0.120. The van der Waals surface area contributed by atoms with Gasteiger partial charge in [0, 0.05) is 22.3 Å². The number of Topliss-reactive ketones (excluding diaryl/α,β-unsaturated/α-hetero) is 2. The van der Waals surface area contributed by atoms with E-state index in [9.17, 15) is 9.59 Å². The van der Waals surface area contributed by atoms with Gasteiger partial charge in [0.05, 0.1) is 21.3 Å². The first-order valence-corrected chi connectivity index (χ1v) is 9.13. The lowest BCUT2D eigenvalue weighted by Crippen LogP contribution is -2.16. The van der Waals surface area contributed by atoms with Crippen molar-refractivity contribution in [2.75, 3.05) is 21.3 Å². The monoisotopic (exact) mass is 400 g/mol. The second kappa shape index (κ2) is 9.44. The van der Waals surface area contributed by atoms with Crippen LogP contribution in [0.25, 0.3) is 0 Å². The molecule has 3 aromatic carbocycles. The summed E-state index contributed by atoms with van der Waals surface area (Å²) in [6.45, 7) is 0. The standard InChI is InChI=1S/C25H20O5/c1-28-20-13-9-17(10-14-20)8-11-18-6-4-5-7-21(18)25(27)24(26)19-12-15-22(29-2)23(16-19)30-3/h4-7,9-10,12-16H,1-3H3. The third-order valence-electron chi connectivity index (χ3n) is 4.46. The molecule has 0 aromatic heterocycles. The summed E-state index contributed by atoms with van der Waals surface area (Å²) >= 11 is 0. The van der Waals surface area contributed by atoms with Gasteiger partial charge in [0.15, 0.2) is 11.5 Å². The molecule has 0 N–H and O–H groups in total. The van der Waals surface area contributed by atoms with E-state index in [2.05, 4.69) is 11.8 Å². The van der Waals surface area contributed by atoms with Crippen molar-refractivity contribution in [3.8, 4) is 29.1 Å². The molecular weight excluding hydrogens is 380 g/mol. The van der Waals surface area contributed by atoms with E-state index in [0.29, 0.717) is 17.1 Å². The third-order valence-corrected chi connectivity index (χ3v) is 4.46. The summed E-state index contributed by atoms with van der Waals surface area (Å²) in [4.78, 5) is 25.7. The Labute approximate surface area is 175 Å². The van der Waals surface area contributed by atoms with Crippen LogP contribution in [-0.4, -0.2) is 32.9 Å². The van der Waals surface area contributed by atoms with Gasteiger partial charge in [0.1, 0.15) is 5.75 Å². The quantitative estimate of drug-likeness (QED) is 0.353. The zero-order valence-electron chi connectivity index (χ0n) is 16.9. The Morgan fingerprint density at radius 3 is 2.07 bits per heavy atom. The molecule has 0 saturated heterocycles. The van der Waals surface area contributed by atoms with Crippen LogP contribution in [-0.2, 0) is 0 Å². The zero-order chi connectivity index (χ0) is 21.5. The molecule has 0 aliphatic heterocycles. The summed E-state index contributed by atoms with van der Waals surface area (Å²) in [5.41, 5.74) is 1.71. The fourth-order valence-corrected chi connectivity index (χ4v) is 2.83. The molecule has 0 fully saturated rings. The Balaban J connectivity index is 1.90. The van der Waals surface area contributed by atoms with Crippen molar-refractivity contribution >= 4 is 11.6 Å². The summed E-state index contributed by atoms with van der Waals surface area (Å²) < 4.78 is 15.5. The van der Waals surface area contributed by atoms with Crippen LogP contribution in [0.15, 0.2) is 66.7 Å². The Kier molecular flexibility index (Phi) is 6.51. The first-order chi connectivity index (χ1) is 14.6. The largest absolute Gasteiger partial charge is 0.497 e. The van der Waals surface area contributed by atoms with Gasteiger partial charge in [0.2, 0.25) is 11.6 Å². The third kappa shape index (κ3) is 4.50.